The van der Waals surface area contributed by atoms with Crippen molar-refractivity contribution in [3.05, 3.63) is 58.1 Å². The van der Waals surface area contributed by atoms with Crippen LogP contribution in [0.1, 0.15) is 31.7 Å². The number of halogens is 5. The van der Waals surface area contributed by atoms with Gasteiger partial charge < -0.3 is 19.5 Å². The number of benzene rings is 2. The number of hydrogen-bond acceptors (Lipinski definition) is 5. The minimum Gasteiger partial charge on any atom is -0.489 e. The summed E-state index contributed by atoms with van der Waals surface area (Å²) in [7, 11) is 0. The lowest BCUT2D eigenvalue weighted by molar-refractivity contribution is -0.207. The number of nitrogens with one attached hydrogen (secondary N) is 1. The quantitative estimate of drug-likeness (QED) is 0.461. The van der Waals surface area contributed by atoms with Gasteiger partial charge in [0.05, 0.1) is 11.1 Å². The van der Waals surface area contributed by atoms with Crippen molar-refractivity contribution < 1.29 is 32.2 Å². The van der Waals surface area contributed by atoms with E-state index in [-0.39, 0.29) is 28.5 Å². The molecule has 2 aromatic rings. The van der Waals surface area contributed by atoms with Gasteiger partial charge in [0.15, 0.2) is 6.10 Å². The first-order valence-corrected chi connectivity index (χ1v) is 11.1. The number of hydrogen-bond donors (Lipinski definition) is 1. The van der Waals surface area contributed by atoms with Gasteiger partial charge in [-0.1, -0.05) is 55.2 Å². The molecule has 0 saturated carbocycles. The van der Waals surface area contributed by atoms with Crippen molar-refractivity contribution in [1.29, 1.82) is 0 Å². The lowest BCUT2D eigenvalue weighted by atomic mass is 10.0. The summed E-state index contributed by atoms with van der Waals surface area (Å²) >= 11 is 12.0. The zero-order valence-corrected chi connectivity index (χ0v) is 19.5. The normalized spacial score (nSPS) is 19.4. The minimum atomic E-state index is -5.13. The van der Waals surface area contributed by atoms with Crippen LogP contribution in [-0.4, -0.2) is 43.5 Å². The first-order valence-electron chi connectivity index (χ1n) is 10.4. The standard InChI is InChI=1S/C23H24Cl2F3NO4/c1-13(2)14-6-8-15(9-7-14)32-16-10-18(29-11-16)20(33-22(30)23(26,27)28)12-31-19-5-3-4-17(24)21(19)25/h3-9,13,16,18,20,29H,10-12H2,1-2H3/t16-,18-,20?/m0/s1. The summed E-state index contributed by atoms with van der Waals surface area (Å²) in [4.78, 5) is 11.5. The van der Waals surface area contributed by atoms with Crippen LogP contribution in [0.15, 0.2) is 42.5 Å². The SMILES string of the molecule is CC(C)c1ccc(O[C@@H]2CN[C@H](C(COc3cccc(Cl)c3Cl)OC(=O)C(F)(F)F)C2)cc1. The molecule has 3 rings (SSSR count). The van der Waals surface area contributed by atoms with Crippen molar-refractivity contribution in [1.82, 2.24) is 5.32 Å². The zero-order valence-electron chi connectivity index (χ0n) is 18.0. The highest BCUT2D eigenvalue weighted by Gasteiger charge is 2.44. The van der Waals surface area contributed by atoms with Crippen molar-refractivity contribution in [2.45, 2.75) is 50.6 Å². The maximum absolute atomic E-state index is 12.8. The molecular formula is C23H24Cl2F3NO4. The van der Waals surface area contributed by atoms with E-state index < -0.39 is 24.3 Å². The Bertz CT molecular complexity index is 954. The van der Waals surface area contributed by atoms with E-state index in [1.54, 1.807) is 12.1 Å². The minimum absolute atomic E-state index is 0.116. The van der Waals surface area contributed by atoms with E-state index in [9.17, 15) is 18.0 Å². The molecule has 1 aliphatic heterocycles. The maximum atomic E-state index is 12.8. The second-order valence-corrected chi connectivity index (χ2v) is 8.80. The smallest absolute Gasteiger partial charge is 0.489 e. The molecule has 33 heavy (non-hydrogen) atoms. The summed E-state index contributed by atoms with van der Waals surface area (Å²) in [6.07, 6.45) is -6.36. The second kappa shape index (κ2) is 10.8. The van der Waals surface area contributed by atoms with Gasteiger partial charge in [0.1, 0.15) is 29.2 Å². The number of rotatable bonds is 8. The van der Waals surface area contributed by atoms with Crippen LogP contribution in [0.5, 0.6) is 11.5 Å². The van der Waals surface area contributed by atoms with Gasteiger partial charge in [-0.2, -0.15) is 13.2 Å². The average Bonchev–Trinajstić information content (AvgIpc) is 3.21. The molecule has 0 spiro atoms. The molecule has 0 radical (unpaired) electrons. The Balaban J connectivity index is 1.66. The molecule has 2 aromatic carbocycles. The molecule has 0 amide bonds. The number of carbonyl (C=O) groups is 1. The van der Waals surface area contributed by atoms with Crippen molar-refractivity contribution >= 4 is 29.2 Å². The fraction of sp³-hybridized carbons (Fsp3) is 0.435. The summed E-state index contributed by atoms with van der Waals surface area (Å²) < 4.78 is 54.8. The first kappa shape index (κ1) is 25.5. The van der Waals surface area contributed by atoms with Gasteiger partial charge >= 0.3 is 12.1 Å². The van der Waals surface area contributed by atoms with Crippen LogP contribution in [0, 0.1) is 0 Å². The van der Waals surface area contributed by atoms with E-state index in [4.69, 9.17) is 37.4 Å². The van der Waals surface area contributed by atoms with Gasteiger partial charge in [0.25, 0.3) is 0 Å². The van der Waals surface area contributed by atoms with E-state index in [2.05, 4.69) is 19.2 Å². The van der Waals surface area contributed by atoms with Gasteiger partial charge in [-0.3, -0.25) is 0 Å². The molecular weight excluding hydrogens is 482 g/mol. The van der Waals surface area contributed by atoms with Crippen LogP contribution in [0.4, 0.5) is 13.2 Å². The highest BCUT2D eigenvalue weighted by atomic mass is 35.5. The lowest BCUT2D eigenvalue weighted by Crippen LogP contribution is -2.44. The fourth-order valence-electron chi connectivity index (χ4n) is 3.43. The fourth-order valence-corrected chi connectivity index (χ4v) is 3.78. The predicted octanol–water partition coefficient (Wildman–Crippen LogP) is 5.78. The van der Waals surface area contributed by atoms with E-state index in [0.29, 0.717) is 24.6 Å². The van der Waals surface area contributed by atoms with E-state index in [1.807, 2.05) is 24.3 Å². The van der Waals surface area contributed by atoms with Crippen molar-refractivity contribution in [2.24, 2.45) is 0 Å². The Kier molecular flexibility index (Phi) is 8.37. The monoisotopic (exact) mass is 505 g/mol. The molecule has 0 aliphatic carbocycles. The van der Waals surface area contributed by atoms with Crippen LogP contribution >= 0.6 is 23.2 Å². The molecule has 0 aromatic heterocycles. The van der Waals surface area contributed by atoms with Crippen LogP contribution in [0.2, 0.25) is 10.0 Å². The van der Waals surface area contributed by atoms with Crippen LogP contribution < -0.4 is 14.8 Å². The Morgan fingerprint density at radius 2 is 1.85 bits per heavy atom. The second-order valence-electron chi connectivity index (χ2n) is 8.02. The summed E-state index contributed by atoms with van der Waals surface area (Å²) in [5, 5.41) is 3.41. The zero-order chi connectivity index (χ0) is 24.2. The number of ether oxygens (including phenoxy) is 3. The summed E-state index contributed by atoms with van der Waals surface area (Å²) in [5.41, 5.74) is 1.17. The Morgan fingerprint density at radius 3 is 2.48 bits per heavy atom. The molecule has 1 unspecified atom stereocenters. The average molecular weight is 506 g/mol. The van der Waals surface area contributed by atoms with Crippen LogP contribution in [-0.2, 0) is 9.53 Å². The van der Waals surface area contributed by atoms with Crippen molar-refractivity contribution in [2.75, 3.05) is 13.2 Å². The van der Waals surface area contributed by atoms with Gasteiger partial charge in [-0.05, 0) is 35.7 Å². The highest BCUT2D eigenvalue weighted by Crippen LogP contribution is 2.32. The Hall–Kier alpha value is -2.16. The predicted molar refractivity (Wildman–Crippen MR) is 119 cm³/mol. The molecule has 10 heteroatoms. The van der Waals surface area contributed by atoms with Crippen molar-refractivity contribution in [3.63, 3.8) is 0 Å². The molecule has 0 bridgehead atoms. The van der Waals surface area contributed by atoms with Gasteiger partial charge in [0, 0.05) is 13.0 Å². The molecule has 1 fully saturated rings. The third-order valence-electron chi connectivity index (χ3n) is 5.23. The van der Waals surface area contributed by atoms with E-state index in [1.165, 1.54) is 11.6 Å². The van der Waals surface area contributed by atoms with Gasteiger partial charge in [0.2, 0.25) is 0 Å². The van der Waals surface area contributed by atoms with Gasteiger partial charge in [-0.25, -0.2) is 4.79 Å². The Morgan fingerprint density at radius 1 is 1.15 bits per heavy atom. The van der Waals surface area contributed by atoms with E-state index >= 15 is 0 Å². The molecule has 1 heterocycles. The van der Waals surface area contributed by atoms with Gasteiger partial charge in [-0.15, -0.1) is 0 Å². The summed E-state index contributed by atoms with van der Waals surface area (Å²) in [6, 6.07) is 11.7. The van der Waals surface area contributed by atoms with Crippen LogP contribution in [0.3, 0.4) is 0 Å². The third kappa shape index (κ3) is 6.91. The number of carbonyl (C=O) groups excluding carboxylic acids is 1. The first-order chi connectivity index (χ1) is 15.5. The Labute approximate surface area is 200 Å². The maximum Gasteiger partial charge on any atom is 0.490 e. The number of alkyl halides is 3. The number of esters is 1. The molecule has 1 N–H and O–H groups in total. The molecule has 1 saturated heterocycles. The summed E-state index contributed by atoms with van der Waals surface area (Å²) in [5.74, 6) is -1.08. The molecule has 1 aliphatic rings. The molecule has 3 atom stereocenters. The largest absolute Gasteiger partial charge is 0.490 e. The third-order valence-corrected chi connectivity index (χ3v) is 6.03. The lowest BCUT2D eigenvalue weighted by Gasteiger charge is -2.25. The molecule has 180 valence electrons. The highest BCUT2D eigenvalue weighted by molar-refractivity contribution is 6.42. The van der Waals surface area contributed by atoms with Crippen LogP contribution in [0.25, 0.3) is 0 Å². The van der Waals surface area contributed by atoms with E-state index in [0.717, 1.165) is 0 Å². The molecule has 5 nitrogen and oxygen atoms in total. The summed E-state index contributed by atoms with van der Waals surface area (Å²) in [6.45, 7) is 4.19. The topological polar surface area (TPSA) is 56.8 Å². The van der Waals surface area contributed by atoms with Crippen molar-refractivity contribution in [3.8, 4) is 11.5 Å².